The van der Waals surface area contributed by atoms with Gasteiger partial charge in [0.05, 0.1) is 4.90 Å². The van der Waals surface area contributed by atoms with Crippen molar-refractivity contribution in [1.29, 1.82) is 0 Å². The van der Waals surface area contributed by atoms with Gasteiger partial charge < -0.3 is 0 Å². The minimum absolute atomic E-state index is 0.171. The van der Waals surface area contributed by atoms with E-state index < -0.39 is 10.0 Å². The summed E-state index contributed by atoms with van der Waals surface area (Å²) in [5.41, 5.74) is 0. The quantitative estimate of drug-likeness (QED) is 0.753. The van der Waals surface area contributed by atoms with Crippen LogP contribution in [0.1, 0.15) is 0 Å². The number of hydrogen-bond donors (Lipinski definition) is 1. The Morgan fingerprint density at radius 2 is 1.86 bits per heavy atom. The zero-order chi connectivity index (χ0) is 14.9. The first-order valence-corrected chi connectivity index (χ1v) is 7.90. The Bertz CT molecular complexity index is 907. The van der Waals surface area contributed by atoms with Crippen molar-refractivity contribution in [2.75, 3.05) is 4.72 Å². The second-order valence-electron chi connectivity index (χ2n) is 4.30. The molecule has 0 saturated carbocycles. The highest BCUT2D eigenvalue weighted by Crippen LogP contribution is 2.24. The van der Waals surface area contributed by atoms with Gasteiger partial charge in [-0.3, -0.25) is 9.71 Å². The molecule has 0 fully saturated rings. The minimum Gasteiger partial charge on any atom is -0.264 e. The molecular formula is C14H10ClN3O2S. The molecule has 0 atom stereocenters. The standard InChI is InChI=1S/C14H10ClN3O2S/c15-13-5-2-6-14(17-13)18-21(19,20)12-4-1-3-10-9-16-8-7-11(10)12/h1-9H,(H,17,18). The molecular weight excluding hydrogens is 310 g/mol. The molecule has 5 nitrogen and oxygen atoms in total. The molecule has 7 heteroatoms. The number of hydrogen-bond acceptors (Lipinski definition) is 4. The molecule has 0 amide bonds. The van der Waals surface area contributed by atoms with E-state index in [2.05, 4.69) is 14.7 Å². The van der Waals surface area contributed by atoms with E-state index in [0.717, 1.165) is 5.39 Å². The predicted octanol–water partition coefficient (Wildman–Crippen LogP) is 3.08. The summed E-state index contributed by atoms with van der Waals surface area (Å²) in [4.78, 5) is 8.08. The molecule has 1 aromatic carbocycles. The van der Waals surface area contributed by atoms with Crippen LogP contribution in [0.15, 0.2) is 59.8 Å². The van der Waals surface area contributed by atoms with Gasteiger partial charge in [-0.1, -0.05) is 29.8 Å². The van der Waals surface area contributed by atoms with Gasteiger partial charge in [0, 0.05) is 23.2 Å². The number of nitrogens with one attached hydrogen (secondary N) is 1. The third-order valence-electron chi connectivity index (χ3n) is 2.88. The number of anilines is 1. The van der Waals surface area contributed by atoms with E-state index in [1.807, 2.05) is 0 Å². The number of sulfonamides is 1. The molecule has 2 aromatic heterocycles. The zero-order valence-electron chi connectivity index (χ0n) is 10.7. The summed E-state index contributed by atoms with van der Waals surface area (Å²) in [6, 6.07) is 11.4. The minimum atomic E-state index is -3.76. The number of halogens is 1. The molecule has 3 rings (SSSR count). The molecule has 1 N–H and O–H groups in total. The summed E-state index contributed by atoms with van der Waals surface area (Å²) in [5.74, 6) is 0.175. The lowest BCUT2D eigenvalue weighted by atomic mass is 10.2. The molecule has 0 unspecified atom stereocenters. The van der Waals surface area contributed by atoms with Crippen molar-refractivity contribution in [3.63, 3.8) is 0 Å². The van der Waals surface area contributed by atoms with Gasteiger partial charge >= 0.3 is 0 Å². The van der Waals surface area contributed by atoms with Crippen molar-refractivity contribution >= 4 is 38.2 Å². The van der Waals surface area contributed by atoms with Gasteiger partial charge in [-0.2, -0.15) is 0 Å². The maximum atomic E-state index is 12.5. The van der Waals surface area contributed by atoms with Gasteiger partial charge in [-0.05, 0) is 24.3 Å². The monoisotopic (exact) mass is 319 g/mol. The molecule has 0 aliphatic heterocycles. The van der Waals surface area contributed by atoms with Crippen LogP contribution in [-0.4, -0.2) is 18.4 Å². The Morgan fingerprint density at radius 3 is 2.67 bits per heavy atom. The molecule has 0 radical (unpaired) electrons. The molecule has 3 aromatic rings. The summed E-state index contributed by atoms with van der Waals surface area (Å²) < 4.78 is 27.4. The molecule has 0 aliphatic carbocycles. The Hall–Kier alpha value is -2.18. The van der Waals surface area contributed by atoms with Crippen molar-refractivity contribution < 1.29 is 8.42 Å². The smallest absolute Gasteiger partial charge is 0.263 e. The van der Waals surface area contributed by atoms with Crippen LogP contribution in [0.3, 0.4) is 0 Å². The first kappa shape index (κ1) is 13.8. The Kier molecular flexibility index (Phi) is 3.48. The SMILES string of the molecule is O=S(=O)(Nc1cccc(Cl)n1)c1cccc2cnccc12. The van der Waals surface area contributed by atoms with Crippen LogP contribution < -0.4 is 4.72 Å². The number of fused-ring (bicyclic) bond motifs is 1. The number of pyridine rings is 2. The highest BCUT2D eigenvalue weighted by atomic mass is 35.5. The van der Waals surface area contributed by atoms with Crippen LogP contribution in [0.2, 0.25) is 5.15 Å². The molecule has 0 spiro atoms. The maximum Gasteiger partial charge on any atom is 0.263 e. The first-order chi connectivity index (χ1) is 10.1. The van der Waals surface area contributed by atoms with Crippen LogP contribution >= 0.6 is 11.6 Å². The molecule has 0 bridgehead atoms. The zero-order valence-corrected chi connectivity index (χ0v) is 12.3. The third kappa shape index (κ3) is 2.81. The topological polar surface area (TPSA) is 72.0 Å². The van der Waals surface area contributed by atoms with Gasteiger partial charge in [0.2, 0.25) is 0 Å². The second kappa shape index (κ2) is 5.31. The third-order valence-corrected chi connectivity index (χ3v) is 4.51. The summed E-state index contributed by atoms with van der Waals surface area (Å²) in [6.07, 6.45) is 3.17. The number of benzene rings is 1. The lowest BCUT2D eigenvalue weighted by Crippen LogP contribution is -2.14. The van der Waals surface area contributed by atoms with Crippen molar-refractivity contribution in [1.82, 2.24) is 9.97 Å². The average Bonchev–Trinajstić information content (AvgIpc) is 2.46. The Labute approximate surface area is 126 Å². The van der Waals surface area contributed by atoms with Crippen molar-refractivity contribution in [3.8, 4) is 0 Å². The molecule has 2 heterocycles. The molecule has 0 saturated heterocycles. The first-order valence-electron chi connectivity index (χ1n) is 6.04. The second-order valence-corrected chi connectivity index (χ2v) is 6.34. The summed E-state index contributed by atoms with van der Waals surface area (Å²) >= 11 is 5.76. The summed E-state index contributed by atoms with van der Waals surface area (Å²) in [5, 5.41) is 1.57. The number of rotatable bonds is 3. The van der Waals surface area contributed by atoms with E-state index >= 15 is 0 Å². The van der Waals surface area contributed by atoms with Crippen molar-refractivity contribution in [2.45, 2.75) is 4.90 Å². The lowest BCUT2D eigenvalue weighted by Gasteiger charge is -2.09. The van der Waals surface area contributed by atoms with E-state index in [1.54, 1.807) is 42.7 Å². The van der Waals surface area contributed by atoms with E-state index in [9.17, 15) is 8.42 Å². The van der Waals surface area contributed by atoms with Crippen LogP contribution in [0.25, 0.3) is 10.8 Å². The summed E-state index contributed by atoms with van der Waals surface area (Å²) in [6.45, 7) is 0. The van der Waals surface area contributed by atoms with Gasteiger partial charge in [0.1, 0.15) is 11.0 Å². The van der Waals surface area contributed by atoms with E-state index in [1.165, 1.54) is 12.1 Å². The molecule has 0 aliphatic rings. The van der Waals surface area contributed by atoms with Crippen LogP contribution in [0.5, 0.6) is 0 Å². The molecule has 106 valence electrons. The molecule has 21 heavy (non-hydrogen) atoms. The fourth-order valence-electron chi connectivity index (χ4n) is 1.98. The largest absolute Gasteiger partial charge is 0.264 e. The number of nitrogens with zero attached hydrogens (tertiary/aromatic N) is 2. The highest BCUT2D eigenvalue weighted by Gasteiger charge is 2.17. The summed E-state index contributed by atoms with van der Waals surface area (Å²) in [7, 11) is -3.76. The van der Waals surface area contributed by atoms with Gasteiger partial charge in [-0.25, -0.2) is 13.4 Å². The fourth-order valence-corrected chi connectivity index (χ4v) is 3.38. The predicted molar refractivity (Wildman–Crippen MR) is 81.8 cm³/mol. The van der Waals surface area contributed by atoms with Crippen LogP contribution in [0, 0.1) is 0 Å². The van der Waals surface area contributed by atoms with Gasteiger partial charge in [-0.15, -0.1) is 0 Å². The highest BCUT2D eigenvalue weighted by molar-refractivity contribution is 7.93. The van der Waals surface area contributed by atoms with Gasteiger partial charge in [0.15, 0.2) is 0 Å². The van der Waals surface area contributed by atoms with Crippen molar-refractivity contribution in [2.24, 2.45) is 0 Å². The number of aromatic nitrogens is 2. The van der Waals surface area contributed by atoms with E-state index in [-0.39, 0.29) is 15.9 Å². The normalized spacial score (nSPS) is 11.5. The van der Waals surface area contributed by atoms with E-state index in [4.69, 9.17) is 11.6 Å². The van der Waals surface area contributed by atoms with E-state index in [0.29, 0.717) is 5.39 Å². The fraction of sp³-hybridized carbons (Fsp3) is 0. The van der Waals surface area contributed by atoms with Crippen LogP contribution in [0.4, 0.5) is 5.82 Å². The van der Waals surface area contributed by atoms with Crippen molar-refractivity contribution in [3.05, 3.63) is 60.0 Å². The average molecular weight is 320 g/mol. The Morgan fingerprint density at radius 1 is 1.05 bits per heavy atom. The van der Waals surface area contributed by atoms with Crippen LogP contribution in [-0.2, 0) is 10.0 Å². The van der Waals surface area contributed by atoms with Gasteiger partial charge in [0.25, 0.3) is 10.0 Å². The Balaban J connectivity index is 2.09. The lowest BCUT2D eigenvalue weighted by molar-refractivity contribution is 0.602. The maximum absolute atomic E-state index is 12.5.